The second-order valence-corrected chi connectivity index (χ2v) is 5.44. The van der Waals surface area contributed by atoms with E-state index in [1.54, 1.807) is 32.4 Å². The summed E-state index contributed by atoms with van der Waals surface area (Å²) in [5.74, 6) is 1.90. The highest BCUT2D eigenvalue weighted by molar-refractivity contribution is 5.86. The number of carbonyl (C=O) groups excluding carboxylic acids is 1. The van der Waals surface area contributed by atoms with Crippen molar-refractivity contribution >= 4 is 17.8 Å². The van der Waals surface area contributed by atoms with Crippen LogP contribution in [-0.2, 0) is 4.79 Å². The maximum absolute atomic E-state index is 12.1. The number of methoxy groups -OCH3 is 1. The minimum atomic E-state index is -0.442. The Labute approximate surface area is 145 Å². The fourth-order valence-electron chi connectivity index (χ4n) is 2.26. The third kappa shape index (κ3) is 4.20. The van der Waals surface area contributed by atoms with Gasteiger partial charge in [-0.15, -0.1) is 0 Å². The van der Waals surface area contributed by atoms with E-state index in [1.807, 2.05) is 30.3 Å². The van der Waals surface area contributed by atoms with Crippen LogP contribution in [0.3, 0.4) is 0 Å². The molecule has 0 bridgehead atoms. The van der Waals surface area contributed by atoms with Crippen molar-refractivity contribution in [3.63, 3.8) is 0 Å². The van der Waals surface area contributed by atoms with Crippen LogP contribution in [0.25, 0.3) is 0 Å². The first-order valence-electron chi connectivity index (χ1n) is 7.79. The van der Waals surface area contributed by atoms with Crippen LogP contribution >= 0.6 is 0 Å². The predicted octanol–water partition coefficient (Wildman–Crippen LogP) is 2.37. The number of hydrogen-bond donors (Lipinski definition) is 2. The number of carbonyl (C=O) groups is 1. The maximum atomic E-state index is 12.1. The highest BCUT2D eigenvalue weighted by atomic mass is 16.7. The molecule has 2 N–H and O–H groups in total. The third-order valence-corrected chi connectivity index (χ3v) is 3.65. The number of hydrazone groups is 1. The monoisotopic (exact) mass is 341 g/mol. The highest BCUT2D eigenvalue weighted by Gasteiger charge is 2.13. The smallest absolute Gasteiger partial charge is 0.262 e. The van der Waals surface area contributed by atoms with Gasteiger partial charge >= 0.3 is 0 Å². The van der Waals surface area contributed by atoms with Crippen molar-refractivity contribution in [2.45, 2.75) is 13.0 Å². The summed E-state index contributed by atoms with van der Waals surface area (Å²) in [6.07, 6.45) is 1.56. The molecule has 0 aliphatic carbocycles. The van der Waals surface area contributed by atoms with E-state index in [0.717, 1.165) is 17.0 Å². The topological polar surface area (TPSA) is 81.2 Å². The molecule has 0 saturated carbocycles. The molecule has 130 valence electrons. The second kappa shape index (κ2) is 7.57. The van der Waals surface area contributed by atoms with Crippen molar-refractivity contribution in [3.05, 3.63) is 48.0 Å². The Morgan fingerprint density at radius 2 is 1.96 bits per heavy atom. The van der Waals surface area contributed by atoms with Gasteiger partial charge in [-0.1, -0.05) is 0 Å². The average molecular weight is 341 g/mol. The molecular weight excluding hydrogens is 322 g/mol. The van der Waals surface area contributed by atoms with Gasteiger partial charge in [0.05, 0.1) is 13.3 Å². The molecule has 0 fully saturated rings. The first kappa shape index (κ1) is 16.6. The summed E-state index contributed by atoms with van der Waals surface area (Å²) < 4.78 is 15.6. The zero-order valence-electron chi connectivity index (χ0n) is 14.0. The quantitative estimate of drug-likeness (QED) is 0.623. The fourth-order valence-corrected chi connectivity index (χ4v) is 2.26. The summed E-state index contributed by atoms with van der Waals surface area (Å²) in [6, 6.07) is 12.3. The number of amides is 1. The van der Waals surface area contributed by atoms with Crippen LogP contribution in [0.2, 0.25) is 0 Å². The standard InChI is InChI=1S/C18H19N3O4/c1-12(20-14-4-6-15(23-2)7-5-14)18(22)21-19-10-13-3-8-16-17(9-13)25-11-24-16/h3-10,12,20H,11H2,1-2H3,(H,21,22)/b19-10+. The van der Waals surface area contributed by atoms with E-state index in [0.29, 0.717) is 11.5 Å². The molecule has 25 heavy (non-hydrogen) atoms. The zero-order chi connectivity index (χ0) is 17.6. The molecule has 1 amide bonds. The summed E-state index contributed by atoms with van der Waals surface area (Å²) in [5.41, 5.74) is 4.14. The lowest BCUT2D eigenvalue weighted by Gasteiger charge is -2.13. The highest BCUT2D eigenvalue weighted by Crippen LogP contribution is 2.31. The molecule has 1 heterocycles. The first-order chi connectivity index (χ1) is 12.2. The van der Waals surface area contributed by atoms with Crippen LogP contribution < -0.4 is 25.0 Å². The van der Waals surface area contributed by atoms with Gasteiger partial charge in [-0.3, -0.25) is 4.79 Å². The van der Waals surface area contributed by atoms with Gasteiger partial charge in [-0.25, -0.2) is 5.43 Å². The minimum Gasteiger partial charge on any atom is -0.497 e. The average Bonchev–Trinajstić information content (AvgIpc) is 3.10. The molecular formula is C18H19N3O4. The van der Waals surface area contributed by atoms with E-state index in [2.05, 4.69) is 15.8 Å². The van der Waals surface area contributed by atoms with Gasteiger partial charge in [0.1, 0.15) is 11.8 Å². The maximum Gasteiger partial charge on any atom is 0.262 e. The van der Waals surface area contributed by atoms with Gasteiger partial charge in [0.15, 0.2) is 11.5 Å². The number of benzene rings is 2. The molecule has 0 spiro atoms. The lowest BCUT2D eigenvalue weighted by atomic mass is 10.2. The Bertz CT molecular complexity index is 774. The van der Waals surface area contributed by atoms with E-state index in [-0.39, 0.29) is 12.7 Å². The molecule has 0 saturated heterocycles. The van der Waals surface area contributed by atoms with E-state index in [1.165, 1.54) is 0 Å². The molecule has 2 aromatic rings. The number of nitrogens with zero attached hydrogens (tertiary/aromatic N) is 1. The predicted molar refractivity (Wildman–Crippen MR) is 94.4 cm³/mol. The largest absolute Gasteiger partial charge is 0.497 e. The number of fused-ring (bicyclic) bond motifs is 1. The van der Waals surface area contributed by atoms with Crippen LogP contribution in [-0.4, -0.2) is 32.1 Å². The molecule has 1 atom stereocenters. The Balaban J connectivity index is 1.52. The summed E-state index contributed by atoms with van der Waals surface area (Å²) in [6.45, 7) is 1.98. The Hall–Kier alpha value is -3.22. The van der Waals surface area contributed by atoms with Gasteiger partial charge in [0.2, 0.25) is 6.79 Å². The molecule has 1 aliphatic heterocycles. The van der Waals surface area contributed by atoms with Crippen molar-refractivity contribution in [1.29, 1.82) is 0 Å². The number of anilines is 1. The lowest BCUT2D eigenvalue weighted by Crippen LogP contribution is -2.34. The van der Waals surface area contributed by atoms with Crippen LogP contribution in [0, 0.1) is 0 Å². The number of ether oxygens (including phenoxy) is 3. The van der Waals surface area contributed by atoms with Gasteiger partial charge in [0, 0.05) is 5.69 Å². The van der Waals surface area contributed by atoms with Crippen LogP contribution in [0.1, 0.15) is 12.5 Å². The second-order valence-electron chi connectivity index (χ2n) is 5.44. The molecule has 3 rings (SSSR count). The van der Waals surface area contributed by atoms with Gasteiger partial charge in [-0.05, 0) is 55.0 Å². The zero-order valence-corrected chi connectivity index (χ0v) is 14.0. The van der Waals surface area contributed by atoms with Gasteiger partial charge in [-0.2, -0.15) is 5.10 Å². The third-order valence-electron chi connectivity index (χ3n) is 3.65. The summed E-state index contributed by atoms with van der Waals surface area (Å²) >= 11 is 0. The molecule has 0 aromatic heterocycles. The van der Waals surface area contributed by atoms with E-state index < -0.39 is 6.04 Å². The molecule has 2 aromatic carbocycles. The van der Waals surface area contributed by atoms with E-state index in [9.17, 15) is 4.79 Å². The van der Waals surface area contributed by atoms with Gasteiger partial charge < -0.3 is 19.5 Å². The van der Waals surface area contributed by atoms with E-state index >= 15 is 0 Å². The minimum absolute atomic E-state index is 0.223. The van der Waals surface area contributed by atoms with Crippen molar-refractivity contribution < 1.29 is 19.0 Å². The van der Waals surface area contributed by atoms with Crippen LogP contribution in [0.15, 0.2) is 47.6 Å². The number of hydrogen-bond acceptors (Lipinski definition) is 6. The molecule has 0 radical (unpaired) electrons. The summed E-state index contributed by atoms with van der Waals surface area (Å²) in [4.78, 5) is 12.1. The fraction of sp³-hybridized carbons (Fsp3) is 0.222. The molecule has 7 heteroatoms. The van der Waals surface area contributed by atoms with E-state index in [4.69, 9.17) is 14.2 Å². The van der Waals surface area contributed by atoms with Crippen molar-refractivity contribution in [2.75, 3.05) is 19.2 Å². The SMILES string of the molecule is COc1ccc(NC(C)C(=O)N/N=C/c2ccc3c(c2)OCO3)cc1. The molecule has 7 nitrogen and oxygen atoms in total. The number of nitrogens with one attached hydrogen (secondary N) is 2. The van der Waals surface area contributed by atoms with Crippen LogP contribution in [0.5, 0.6) is 17.2 Å². The van der Waals surface area contributed by atoms with Crippen molar-refractivity contribution in [1.82, 2.24) is 5.43 Å². The normalized spacial score (nSPS) is 13.5. The lowest BCUT2D eigenvalue weighted by molar-refractivity contribution is -0.121. The summed E-state index contributed by atoms with van der Waals surface area (Å²) in [7, 11) is 1.61. The summed E-state index contributed by atoms with van der Waals surface area (Å²) in [5, 5.41) is 7.07. The first-order valence-corrected chi connectivity index (χ1v) is 7.79. The Kier molecular flexibility index (Phi) is 5.03. The number of rotatable bonds is 6. The van der Waals surface area contributed by atoms with Gasteiger partial charge in [0.25, 0.3) is 5.91 Å². The van der Waals surface area contributed by atoms with Crippen LogP contribution in [0.4, 0.5) is 5.69 Å². The Morgan fingerprint density at radius 1 is 1.20 bits per heavy atom. The molecule has 1 unspecified atom stereocenters. The Morgan fingerprint density at radius 3 is 2.72 bits per heavy atom. The van der Waals surface area contributed by atoms with Crippen molar-refractivity contribution in [2.24, 2.45) is 5.10 Å². The van der Waals surface area contributed by atoms with Crippen molar-refractivity contribution in [3.8, 4) is 17.2 Å². The molecule has 1 aliphatic rings.